The Labute approximate surface area is 129 Å². The minimum Gasteiger partial charge on any atom is -0.439 e. The van der Waals surface area contributed by atoms with Crippen LogP contribution in [0.3, 0.4) is 0 Å². The Morgan fingerprint density at radius 3 is 2.86 bits per heavy atom. The molecule has 0 spiro atoms. The van der Waals surface area contributed by atoms with E-state index in [1.54, 1.807) is 18.2 Å². The number of nitrogens with one attached hydrogen (secondary N) is 2. The molecule has 116 valence electrons. The van der Waals surface area contributed by atoms with Gasteiger partial charge in [-0.05, 0) is 49.7 Å². The van der Waals surface area contributed by atoms with Gasteiger partial charge in [0.05, 0.1) is 5.69 Å². The van der Waals surface area contributed by atoms with Gasteiger partial charge in [0.2, 0.25) is 5.88 Å². The van der Waals surface area contributed by atoms with Crippen molar-refractivity contribution in [3.63, 3.8) is 0 Å². The number of pyridine rings is 1. The van der Waals surface area contributed by atoms with E-state index in [1.165, 1.54) is 25.0 Å². The molecule has 2 heterocycles. The maximum Gasteiger partial charge on any atom is 0.219 e. The highest BCUT2D eigenvalue weighted by Gasteiger charge is 2.12. The zero-order valence-electron chi connectivity index (χ0n) is 12.4. The maximum absolute atomic E-state index is 12.9. The number of ether oxygens (including phenoxy) is 1. The number of piperidine rings is 1. The second-order valence-electron chi connectivity index (χ2n) is 5.45. The van der Waals surface area contributed by atoms with Gasteiger partial charge in [-0.15, -0.1) is 0 Å². The van der Waals surface area contributed by atoms with Crippen LogP contribution in [0.2, 0.25) is 0 Å². The summed E-state index contributed by atoms with van der Waals surface area (Å²) in [4.78, 5) is 4.48. The van der Waals surface area contributed by atoms with E-state index in [4.69, 9.17) is 4.74 Å². The molecule has 1 fully saturated rings. The molecule has 3 rings (SSSR count). The molecule has 22 heavy (non-hydrogen) atoms. The number of rotatable bonds is 5. The van der Waals surface area contributed by atoms with Gasteiger partial charge in [0.15, 0.2) is 0 Å². The lowest BCUT2D eigenvalue weighted by Crippen LogP contribution is -2.42. The van der Waals surface area contributed by atoms with Crippen LogP contribution < -0.4 is 15.4 Å². The van der Waals surface area contributed by atoms with Crippen LogP contribution in [0.4, 0.5) is 4.39 Å². The molecule has 4 nitrogen and oxygen atoms in total. The number of hydrogen-bond acceptors (Lipinski definition) is 4. The molecule has 1 aliphatic heterocycles. The van der Waals surface area contributed by atoms with E-state index in [9.17, 15) is 4.39 Å². The summed E-state index contributed by atoms with van der Waals surface area (Å²) < 4.78 is 18.5. The summed E-state index contributed by atoms with van der Waals surface area (Å²) >= 11 is 0. The lowest BCUT2D eigenvalue weighted by atomic mass is 10.1. The van der Waals surface area contributed by atoms with E-state index in [0.717, 1.165) is 18.8 Å². The van der Waals surface area contributed by atoms with E-state index in [-0.39, 0.29) is 5.82 Å². The standard InChI is InChI=1S/C17H20FN3O/c18-13-6-8-16(9-7-13)22-17-5-1-3-15(21-17)12-20-14-4-2-10-19-11-14/h1,3,5-9,14,19-20H,2,4,10-12H2. The first-order valence-electron chi connectivity index (χ1n) is 7.63. The average Bonchev–Trinajstić information content (AvgIpc) is 2.57. The van der Waals surface area contributed by atoms with Gasteiger partial charge < -0.3 is 15.4 Å². The summed E-state index contributed by atoms with van der Waals surface area (Å²) in [6, 6.07) is 12.1. The minimum atomic E-state index is -0.278. The Hall–Kier alpha value is -1.98. The summed E-state index contributed by atoms with van der Waals surface area (Å²) in [6.07, 6.45) is 2.40. The van der Waals surface area contributed by atoms with Gasteiger partial charge in [-0.1, -0.05) is 6.07 Å². The van der Waals surface area contributed by atoms with Crippen molar-refractivity contribution in [3.05, 3.63) is 54.0 Å². The Morgan fingerprint density at radius 1 is 1.23 bits per heavy atom. The van der Waals surface area contributed by atoms with Crippen molar-refractivity contribution in [1.29, 1.82) is 0 Å². The van der Waals surface area contributed by atoms with Gasteiger partial charge in [0, 0.05) is 25.2 Å². The largest absolute Gasteiger partial charge is 0.439 e. The van der Waals surface area contributed by atoms with Crippen LogP contribution in [0.25, 0.3) is 0 Å². The topological polar surface area (TPSA) is 46.2 Å². The van der Waals surface area contributed by atoms with Crippen molar-refractivity contribution < 1.29 is 9.13 Å². The Bertz CT molecular complexity index is 597. The zero-order valence-corrected chi connectivity index (χ0v) is 12.4. The van der Waals surface area contributed by atoms with Gasteiger partial charge in [0.1, 0.15) is 11.6 Å². The number of nitrogens with zero attached hydrogens (tertiary/aromatic N) is 1. The Kier molecular flexibility index (Phi) is 4.98. The molecule has 1 aromatic carbocycles. The molecule has 1 unspecified atom stereocenters. The van der Waals surface area contributed by atoms with E-state index >= 15 is 0 Å². The molecule has 1 atom stereocenters. The first kappa shape index (κ1) is 14.9. The maximum atomic E-state index is 12.9. The predicted octanol–water partition coefficient (Wildman–Crippen LogP) is 2.85. The predicted molar refractivity (Wildman–Crippen MR) is 83.4 cm³/mol. The highest BCUT2D eigenvalue weighted by molar-refractivity contribution is 5.27. The lowest BCUT2D eigenvalue weighted by Gasteiger charge is -2.23. The summed E-state index contributed by atoms with van der Waals surface area (Å²) in [6.45, 7) is 2.83. The number of benzene rings is 1. The van der Waals surface area contributed by atoms with Gasteiger partial charge in [-0.3, -0.25) is 0 Å². The van der Waals surface area contributed by atoms with E-state index < -0.39 is 0 Å². The molecule has 5 heteroatoms. The molecule has 1 aromatic heterocycles. The SMILES string of the molecule is Fc1ccc(Oc2cccc(CNC3CCCNC3)n2)cc1. The molecule has 2 aromatic rings. The van der Waals surface area contributed by atoms with E-state index in [1.807, 2.05) is 12.1 Å². The highest BCUT2D eigenvalue weighted by Crippen LogP contribution is 2.19. The number of hydrogen-bond donors (Lipinski definition) is 2. The van der Waals surface area contributed by atoms with Gasteiger partial charge in [-0.25, -0.2) is 9.37 Å². The Balaban J connectivity index is 1.58. The van der Waals surface area contributed by atoms with Crippen molar-refractivity contribution in [2.24, 2.45) is 0 Å². The van der Waals surface area contributed by atoms with Crippen LogP contribution in [0.1, 0.15) is 18.5 Å². The fraction of sp³-hybridized carbons (Fsp3) is 0.353. The van der Waals surface area contributed by atoms with E-state index in [0.29, 0.717) is 24.2 Å². The molecule has 1 aliphatic rings. The smallest absolute Gasteiger partial charge is 0.219 e. The minimum absolute atomic E-state index is 0.278. The van der Waals surface area contributed by atoms with E-state index in [2.05, 4.69) is 15.6 Å². The molecular weight excluding hydrogens is 281 g/mol. The van der Waals surface area contributed by atoms with Crippen molar-refractivity contribution in [2.45, 2.75) is 25.4 Å². The number of aromatic nitrogens is 1. The third-order valence-electron chi connectivity index (χ3n) is 3.69. The molecule has 1 saturated heterocycles. The third kappa shape index (κ3) is 4.26. The van der Waals surface area contributed by atoms with Crippen LogP contribution in [-0.4, -0.2) is 24.1 Å². The monoisotopic (exact) mass is 301 g/mol. The van der Waals surface area contributed by atoms with Crippen LogP contribution >= 0.6 is 0 Å². The molecule has 0 aliphatic carbocycles. The van der Waals surface area contributed by atoms with Gasteiger partial charge in [0.25, 0.3) is 0 Å². The van der Waals surface area contributed by atoms with Gasteiger partial charge in [-0.2, -0.15) is 0 Å². The van der Waals surface area contributed by atoms with Crippen molar-refractivity contribution in [2.75, 3.05) is 13.1 Å². The fourth-order valence-electron chi connectivity index (χ4n) is 2.51. The van der Waals surface area contributed by atoms with Crippen molar-refractivity contribution >= 4 is 0 Å². The van der Waals surface area contributed by atoms with Crippen LogP contribution in [-0.2, 0) is 6.54 Å². The van der Waals surface area contributed by atoms with Crippen LogP contribution in [0, 0.1) is 5.82 Å². The van der Waals surface area contributed by atoms with Gasteiger partial charge >= 0.3 is 0 Å². The molecule has 0 saturated carbocycles. The number of halogens is 1. The second-order valence-corrected chi connectivity index (χ2v) is 5.45. The summed E-state index contributed by atoms with van der Waals surface area (Å²) in [5, 5.41) is 6.89. The first-order chi connectivity index (χ1) is 10.8. The summed E-state index contributed by atoms with van der Waals surface area (Å²) in [7, 11) is 0. The summed E-state index contributed by atoms with van der Waals surface area (Å²) in [5.41, 5.74) is 0.935. The van der Waals surface area contributed by atoms with Crippen LogP contribution in [0.5, 0.6) is 11.6 Å². The fourth-order valence-corrected chi connectivity index (χ4v) is 2.51. The Morgan fingerprint density at radius 2 is 2.09 bits per heavy atom. The molecule has 2 N–H and O–H groups in total. The highest BCUT2D eigenvalue weighted by atomic mass is 19.1. The lowest BCUT2D eigenvalue weighted by molar-refractivity contribution is 0.386. The second kappa shape index (κ2) is 7.33. The first-order valence-corrected chi connectivity index (χ1v) is 7.63. The average molecular weight is 301 g/mol. The summed E-state index contributed by atoms with van der Waals surface area (Å²) in [5.74, 6) is 0.822. The molecule has 0 bridgehead atoms. The van der Waals surface area contributed by atoms with Crippen molar-refractivity contribution in [3.8, 4) is 11.6 Å². The normalized spacial score (nSPS) is 18.1. The van der Waals surface area contributed by atoms with Crippen molar-refractivity contribution in [1.82, 2.24) is 15.6 Å². The quantitative estimate of drug-likeness (QED) is 0.891. The zero-order chi connectivity index (χ0) is 15.2. The third-order valence-corrected chi connectivity index (χ3v) is 3.69. The molecule has 0 radical (unpaired) electrons. The molecule has 0 amide bonds. The van der Waals surface area contributed by atoms with Crippen LogP contribution in [0.15, 0.2) is 42.5 Å². The molecular formula is C17H20FN3O.